The fourth-order valence-electron chi connectivity index (χ4n) is 2.56. The standard InChI is InChI=1S/C21H18BrN3O3S/c1-13-19(29-21(23-13)15-5-3-2-4-6-15)20(28)25-24-18(27)12-11-17(26)14-7-9-16(22)10-8-14/h2-10H,11-12H2,1H3,(H,24,27)(H,25,28). The highest BCUT2D eigenvalue weighted by Gasteiger charge is 2.17. The number of aryl methyl sites for hydroxylation is 1. The molecule has 0 aliphatic carbocycles. The Morgan fingerprint density at radius 2 is 1.66 bits per heavy atom. The third-order valence-electron chi connectivity index (χ3n) is 4.08. The van der Waals surface area contributed by atoms with E-state index in [4.69, 9.17) is 0 Å². The molecule has 0 bridgehead atoms. The Labute approximate surface area is 180 Å². The van der Waals surface area contributed by atoms with Crippen molar-refractivity contribution in [1.29, 1.82) is 0 Å². The molecule has 0 spiro atoms. The number of Topliss-reactive ketones (excluding diaryl/α,β-unsaturated/α-hetero) is 1. The normalized spacial score (nSPS) is 10.4. The maximum atomic E-state index is 12.4. The Kier molecular flexibility index (Phi) is 6.90. The molecule has 0 radical (unpaired) electrons. The Morgan fingerprint density at radius 1 is 0.966 bits per heavy atom. The minimum Gasteiger partial charge on any atom is -0.294 e. The van der Waals surface area contributed by atoms with Gasteiger partial charge in [-0.05, 0) is 19.1 Å². The number of rotatable bonds is 6. The number of nitrogens with one attached hydrogen (secondary N) is 2. The van der Waals surface area contributed by atoms with Gasteiger partial charge in [-0.25, -0.2) is 4.98 Å². The van der Waals surface area contributed by atoms with E-state index in [9.17, 15) is 14.4 Å². The van der Waals surface area contributed by atoms with E-state index < -0.39 is 11.8 Å². The van der Waals surface area contributed by atoms with Crippen LogP contribution in [-0.2, 0) is 4.79 Å². The SMILES string of the molecule is Cc1nc(-c2ccccc2)sc1C(=O)NNC(=O)CCC(=O)c1ccc(Br)cc1. The maximum absolute atomic E-state index is 12.4. The molecule has 148 valence electrons. The van der Waals surface area contributed by atoms with Crippen molar-refractivity contribution in [2.75, 3.05) is 0 Å². The predicted molar refractivity (Wildman–Crippen MR) is 116 cm³/mol. The number of hydrogen-bond acceptors (Lipinski definition) is 5. The monoisotopic (exact) mass is 471 g/mol. The van der Waals surface area contributed by atoms with Gasteiger partial charge in [-0.1, -0.05) is 58.4 Å². The summed E-state index contributed by atoms with van der Waals surface area (Å²) >= 11 is 4.57. The Bertz CT molecular complexity index is 1030. The number of nitrogens with zero attached hydrogens (tertiary/aromatic N) is 1. The lowest BCUT2D eigenvalue weighted by Crippen LogP contribution is -2.41. The third kappa shape index (κ3) is 5.58. The summed E-state index contributed by atoms with van der Waals surface area (Å²) in [6.45, 7) is 1.75. The van der Waals surface area contributed by atoms with Crippen molar-refractivity contribution in [3.8, 4) is 10.6 Å². The van der Waals surface area contributed by atoms with E-state index in [1.807, 2.05) is 30.3 Å². The van der Waals surface area contributed by atoms with Crippen LogP contribution in [0.25, 0.3) is 10.6 Å². The van der Waals surface area contributed by atoms with E-state index in [-0.39, 0.29) is 18.6 Å². The first-order chi connectivity index (χ1) is 13.9. The number of carbonyl (C=O) groups excluding carboxylic acids is 3. The number of benzene rings is 2. The topological polar surface area (TPSA) is 88.2 Å². The highest BCUT2D eigenvalue weighted by Crippen LogP contribution is 2.27. The van der Waals surface area contributed by atoms with Gasteiger partial charge in [-0.2, -0.15) is 0 Å². The van der Waals surface area contributed by atoms with Crippen LogP contribution in [0.1, 0.15) is 38.6 Å². The van der Waals surface area contributed by atoms with E-state index in [1.165, 1.54) is 11.3 Å². The van der Waals surface area contributed by atoms with E-state index in [0.717, 1.165) is 15.0 Å². The predicted octanol–water partition coefficient (Wildman–Crippen LogP) is 4.31. The number of amides is 2. The van der Waals surface area contributed by atoms with Crippen LogP contribution in [0.5, 0.6) is 0 Å². The molecule has 0 aliphatic rings. The van der Waals surface area contributed by atoms with Crippen molar-refractivity contribution in [2.45, 2.75) is 19.8 Å². The van der Waals surface area contributed by atoms with Crippen molar-refractivity contribution in [2.24, 2.45) is 0 Å². The van der Waals surface area contributed by atoms with Gasteiger partial charge in [0.25, 0.3) is 5.91 Å². The summed E-state index contributed by atoms with van der Waals surface area (Å²) in [6, 6.07) is 16.5. The summed E-state index contributed by atoms with van der Waals surface area (Å²) in [6.07, 6.45) is 0.0349. The van der Waals surface area contributed by atoms with Crippen molar-refractivity contribution >= 4 is 44.9 Å². The fourth-order valence-corrected chi connectivity index (χ4v) is 3.80. The lowest BCUT2D eigenvalue weighted by molar-refractivity contribution is -0.121. The molecule has 0 fully saturated rings. The highest BCUT2D eigenvalue weighted by atomic mass is 79.9. The lowest BCUT2D eigenvalue weighted by Gasteiger charge is -2.06. The van der Waals surface area contributed by atoms with Crippen LogP contribution in [0.4, 0.5) is 0 Å². The number of hydrazine groups is 1. The largest absolute Gasteiger partial charge is 0.294 e. The molecule has 2 N–H and O–H groups in total. The summed E-state index contributed by atoms with van der Waals surface area (Å²) in [5, 5.41) is 0.736. The molecule has 0 atom stereocenters. The van der Waals surface area contributed by atoms with Gasteiger partial charge in [-0.15, -0.1) is 11.3 Å². The molecule has 2 aromatic carbocycles. The van der Waals surface area contributed by atoms with E-state index in [1.54, 1.807) is 31.2 Å². The average Bonchev–Trinajstić information content (AvgIpc) is 3.13. The zero-order valence-electron chi connectivity index (χ0n) is 15.6. The molecule has 1 heterocycles. The molecule has 3 aromatic rings. The summed E-state index contributed by atoms with van der Waals surface area (Å²) in [4.78, 5) is 41.3. The summed E-state index contributed by atoms with van der Waals surface area (Å²) < 4.78 is 0.878. The molecule has 1 aromatic heterocycles. The lowest BCUT2D eigenvalue weighted by atomic mass is 10.1. The molecule has 2 amide bonds. The molecule has 6 nitrogen and oxygen atoms in total. The van der Waals surface area contributed by atoms with Gasteiger partial charge >= 0.3 is 0 Å². The van der Waals surface area contributed by atoms with Crippen LogP contribution < -0.4 is 10.9 Å². The van der Waals surface area contributed by atoms with Gasteiger partial charge in [0.1, 0.15) is 9.88 Å². The Morgan fingerprint density at radius 3 is 2.34 bits per heavy atom. The second-order valence-electron chi connectivity index (χ2n) is 6.23. The molecule has 29 heavy (non-hydrogen) atoms. The maximum Gasteiger partial charge on any atom is 0.281 e. The first-order valence-electron chi connectivity index (χ1n) is 8.85. The third-order valence-corrected chi connectivity index (χ3v) is 5.82. The first-order valence-corrected chi connectivity index (χ1v) is 10.5. The van der Waals surface area contributed by atoms with Crippen molar-refractivity contribution < 1.29 is 14.4 Å². The quantitative estimate of drug-likeness (QED) is 0.414. The van der Waals surface area contributed by atoms with Crippen molar-refractivity contribution in [3.63, 3.8) is 0 Å². The summed E-state index contributed by atoms with van der Waals surface area (Å²) in [7, 11) is 0. The van der Waals surface area contributed by atoms with Crippen LogP contribution in [0, 0.1) is 6.92 Å². The number of aromatic nitrogens is 1. The molecule has 8 heteroatoms. The number of hydrogen-bond donors (Lipinski definition) is 2. The minimum absolute atomic E-state index is 0.0217. The molecular formula is C21H18BrN3O3S. The number of thiazole rings is 1. The van der Waals surface area contributed by atoms with E-state index >= 15 is 0 Å². The summed E-state index contributed by atoms with van der Waals surface area (Å²) in [5.41, 5.74) is 6.80. The van der Waals surface area contributed by atoms with Gasteiger partial charge in [0.2, 0.25) is 5.91 Å². The van der Waals surface area contributed by atoms with E-state index in [2.05, 4.69) is 31.8 Å². The van der Waals surface area contributed by atoms with Gasteiger partial charge in [0, 0.05) is 28.4 Å². The Hall–Kier alpha value is -2.84. The highest BCUT2D eigenvalue weighted by molar-refractivity contribution is 9.10. The van der Waals surface area contributed by atoms with Gasteiger partial charge in [0.15, 0.2) is 5.78 Å². The molecule has 0 unspecified atom stereocenters. The molecule has 0 aliphatic heterocycles. The van der Waals surface area contributed by atoms with Crippen molar-refractivity contribution in [1.82, 2.24) is 15.8 Å². The van der Waals surface area contributed by atoms with Crippen LogP contribution in [0.3, 0.4) is 0 Å². The first kappa shape index (κ1) is 20.9. The smallest absolute Gasteiger partial charge is 0.281 e. The zero-order chi connectivity index (χ0) is 20.8. The minimum atomic E-state index is -0.436. The molecule has 3 rings (SSSR count). The van der Waals surface area contributed by atoms with E-state index in [0.29, 0.717) is 16.1 Å². The average molecular weight is 472 g/mol. The fraction of sp³-hybridized carbons (Fsp3) is 0.143. The molecule has 0 saturated heterocycles. The van der Waals surface area contributed by atoms with Crippen LogP contribution in [0.15, 0.2) is 59.1 Å². The van der Waals surface area contributed by atoms with Crippen LogP contribution in [0.2, 0.25) is 0 Å². The molecular weight excluding hydrogens is 454 g/mol. The van der Waals surface area contributed by atoms with Gasteiger partial charge < -0.3 is 0 Å². The van der Waals surface area contributed by atoms with Gasteiger partial charge in [-0.3, -0.25) is 25.2 Å². The number of halogens is 1. The summed E-state index contributed by atoms with van der Waals surface area (Å²) in [5.74, 6) is -1.01. The second kappa shape index (κ2) is 9.58. The van der Waals surface area contributed by atoms with Crippen LogP contribution >= 0.6 is 27.3 Å². The van der Waals surface area contributed by atoms with Gasteiger partial charge in [0.05, 0.1) is 5.69 Å². The second-order valence-corrected chi connectivity index (χ2v) is 8.15. The Balaban J connectivity index is 1.51. The van der Waals surface area contributed by atoms with Crippen molar-refractivity contribution in [3.05, 3.63) is 75.2 Å². The number of ketones is 1. The zero-order valence-corrected chi connectivity index (χ0v) is 18.0. The number of carbonyl (C=O) groups is 3. The molecule has 0 saturated carbocycles. The van der Waals surface area contributed by atoms with Crippen LogP contribution in [-0.4, -0.2) is 22.6 Å².